The third-order valence-electron chi connectivity index (χ3n) is 3.63. The predicted octanol–water partition coefficient (Wildman–Crippen LogP) is 3.46. The second-order valence-electron chi connectivity index (χ2n) is 6.49. The molecule has 1 N–H and O–H groups in total. The molecule has 0 aliphatic carbocycles. The Labute approximate surface area is 115 Å². The molecule has 3 nitrogen and oxygen atoms in total. The van der Waals surface area contributed by atoms with Crippen LogP contribution in [-0.4, -0.2) is 22.4 Å². The highest BCUT2D eigenvalue weighted by Gasteiger charge is 2.47. The summed E-state index contributed by atoms with van der Waals surface area (Å²) in [7, 11) is 0. The van der Waals surface area contributed by atoms with Crippen LogP contribution in [0.5, 0.6) is 5.75 Å². The molecule has 0 radical (unpaired) electrons. The molecule has 19 heavy (non-hydrogen) atoms. The van der Waals surface area contributed by atoms with Crippen LogP contribution in [0.3, 0.4) is 0 Å². The number of aliphatic hydroxyl groups excluding tert-OH is 1. The number of rotatable bonds is 3. The molecule has 1 fully saturated rings. The zero-order valence-electron chi connectivity index (χ0n) is 12.4. The molecule has 0 aromatic heterocycles. The smallest absolute Gasteiger partial charge is 0.130 e. The van der Waals surface area contributed by atoms with Crippen LogP contribution in [0.2, 0.25) is 0 Å². The molecule has 1 saturated heterocycles. The first-order valence-corrected chi connectivity index (χ1v) is 6.85. The van der Waals surface area contributed by atoms with Gasteiger partial charge in [0.2, 0.25) is 0 Å². The van der Waals surface area contributed by atoms with Gasteiger partial charge in [-0.15, -0.1) is 0 Å². The molecular formula is C16H24O3. The van der Waals surface area contributed by atoms with Crippen molar-refractivity contribution in [2.75, 3.05) is 0 Å². The average molecular weight is 264 g/mol. The first-order chi connectivity index (χ1) is 8.71. The molecule has 1 aliphatic heterocycles. The van der Waals surface area contributed by atoms with E-state index < -0.39 is 6.10 Å². The Morgan fingerprint density at radius 1 is 1.26 bits per heavy atom. The molecule has 0 saturated carbocycles. The zero-order valence-corrected chi connectivity index (χ0v) is 12.4. The number of aliphatic hydroxyl groups is 1. The second kappa shape index (κ2) is 4.80. The van der Waals surface area contributed by atoms with Gasteiger partial charge in [-0.1, -0.05) is 18.2 Å². The first kappa shape index (κ1) is 14.4. The van der Waals surface area contributed by atoms with E-state index in [1.807, 2.05) is 24.3 Å². The highest BCUT2D eigenvalue weighted by molar-refractivity contribution is 5.35. The number of ether oxygens (including phenoxy) is 2. The number of benzene rings is 1. The van der Waals surface area contributed by atoms with E-state index in [1.165, 1.54) is 0 Å². The SMILES string of the molecule is C[C@H](O)c1ccccc1OC1CC(C)(C)OC1(C)C. The predicted molar refractivity (Wildman–Crippen MR) is 75.4 cm³/mol. The van der Waals surface area contributed by atoms with Crippen LogP contribution in [-0.2, 0) is 4.74 Å². The van der Waals surface area contributed by atoms with E-state index >= 15 is 0 Å². The van der Waals surface area contributed by atoms with E-state index in [0.717, 1.165) is 17.7 Å². The minimum absolute atomic E-state index is 0.0117. The molecule has 1 aromatic carbocycles. The molecule has 3 heteroatoms. The maximum absolute atomic E-state index is 9.80. The van der Waals surface area contributed by atoms with Gasteiger partial charge in [0.15, 0.2) is 0 Å². The molecule has 0 amide bonds. The third-order valence-corrected chi connectivity index (χ3v) is 3.63. The van der Waals surface area contributed by atoms with E-state index in [1.54, 1.807) is 6.92 Å². The Bertz CT molecular complexity index is 449. The second-order valence-corrected chi connectivity index (χ2v) is 6.49. The number of hydrogen-bond acceptors (Lipinski definition) is 3. The van der Waals surface area contributed by atoms with Crippen LogP contribution in [0, 0.1) is 0 Å². The Hall–Kier alpha value is -1.06. The van der Waals surface area contributed by atoms with Gasteiger partial charge in [0, 0.05) is 12.0 Å². The summed E-state index contributed by atoms with van der Waals surface area (Å²) in [5.74, 6) is 0.747. The fourth-order valence-corrected chi connectivity index (χ4v) is 2.78. The maximum Gasteiger partial charge on any atom is 0.130 e. The maximum atomic E-state index is 9.80. The lowest BCUT2D eigenvalue weighted by molar-refractivity contribution is -0.0848. The number of hydrogen-bond donors (Lipinski definition) is 1. The molecule has 1 aliphatic rings. The van der Waals surface area contributed by atoms with Gasteiger partial charge < -0.3 is 14.6 Å². The van der Waals surface area contributed by atoms with E-state index in [4.69, 9.17) is 9.47 Å². The van der Waals surface area contributed by atoms with E-state index in [-0.39, 0.29) is 17.3 Å². The summed E-state index contributed by atoms with van der Waals surface area (Å²) in [4.78, 5) is 0. The van der Waals surface area contributed by atoms with Crippen molar-refractivity contribution < 1.29 is 14.6 Å². The molecule has 1 aromatic rings. The summed E-state index contributed by atoms with van der Waals surface area (Å²) in [6.45, 7) is 10.0. The van der Waals surface area contributed by atoms with E-state index in [0.29, 0.717) is 0 Å². The highest BCUT2D eigenvalue weighted by Crippen LogP contribution is 2.40. The summed E-state index contributed by atoms with van der Waals surface area (Å²) < 4.78 is 12.2. The largest absolute Gasteiger partial charge is 0.487 e. The van der Waals surface area contributed by atoms with Gasteiger partial charge in [-0.2, -0.15) is 0 Å². The van der Waals surface area contributed by atoms with Crippen molar-refractivity contribution in [3.05, 3.63) is 29.8 Å². The molecule has 1 heterocycles. The van der Waals surface area contributed by atoms with Crippen molar-refractivity contribution in [1.82, 2.24) is 0 Å². The van der Waals surface area contributed by atoms with E-state index in [9.17, 15) is 5.11 Å². The minimum atomic E-state index is -0.533. The van der Waals surface area contributed by atoms with Crippen LogP contribution in [0.1, 0.15) is 52.7 Å². The normalized spacial score (nSPS) is 26.1. The average Bonchev–Trinajstić information content (AvgIpc) is 2.47. The summed E-state index contributed by atoms with van der Waals surface area (Å²) in [6, 6.07) is 7.64. The highest BCUT2D eigenvalue weighted by atomic mass is 16.6. The van der Waals surface area contributed by atoms with Crippen LogP contribution in [0.4, 0.5) is 0 Å². The summed E-state index contributed by atoms with van der Waals surface area (Å²) in [6.07, 6.45) is 0.297. The van der Waals surface area contributed by atoms with Crippen molar-refractivity contribution in [3.8, 4) is 5.75 Å². The molecule has 1 unspecified atom stereocenters. The third kappa shape index (κ3) is 3.10. The lowest BCUT2D eigenvalue weighted by atomic mass is 9.97. The minimum Gasteiger partial charge on any atom is -0.487 e. The van der Waals surface area contributed by atoms with Gasteiger partial charge in [-0.05, 0) is 40.7 Å². The van der Waals surface area contributed by atoms with E-state index in [2.05, 4.69) is 27.7 Å². The van der Waals surface area contributed by atoms with Gasteiger partial charge in [0.05, 0.1) is 11.7 Å². The van der Waals surface area contributed by atoms with Gasteiger partial charge in [-0.3, -0.25) is 0 Å². The Balaban J connectivity index is 2.22. The molecule has 106 valence electrons. The van der Waals surface area contributed by atoms with Gasteiger partial charge in [-0.25, -0.2) is 0 Å². The fourth-order valence-electron chi connectivity index (χ4n) is 2.78. The van der Waals surface area contributed by atoms with Crippen LogP contribution in [0.15, 0.2) is 24.3 Å². The Morgan fingerprint density at radius 3 is 2.42 bits per heavy atom. The summed E-state index contributed by atoms with van der Waals surface area (Å²) in [5.41, 5.74) is 0.325. The van der Waals surface area contributed by atoms with Crippen molar-refractivity contribution in [2.24, 2.45) is 0 Å². The van der Waals surface area contributed by atoms with Crippen LogP contribution in [0.25, 0.3) is 0 Å². The lowest BCUT2D eigenvalue weighted by Crippen LogP contribution is -2.37. The van der Waals surface area contributed by atoms with Crippen LogP contribution < -0.4 is 4.74 Å². The Kier molecular flexibility index (Phi) is 3.63. The quantitative estimate of drug-likeness (QED) is 0.908. The lowest BCUT2D eigenvalue weighted by Gasteiger charge is -2.28. The molecule has 0 bridgehead atoms. The summed E-state index contributed by atoms with van der Waals surface area (Å²) >= 11 is 0. The topological polar surface area (TPSA) is 38.7 Å². The standard InChI is InChI=1S/C16H24O3/c1-11(17)12-8-6-7-9-13(12)18-14-10-15(2,3)19-16(14,4)5/h6-9,11,14,17H,10H2,1-5H3/t11-,14?/m0/s1. The van der Waals surface area contributed by atoms with Crippen molar-refractivity contribution in [1.29, 1.82) is 0 Å². The Morgan fingerprint density at radius 2 is 1.89 bits per heavy atom. The van der Waals surface area contributed by atoms with Crippen molar-refractivity contribution in [3.63, 3.8) is 0 Å². The first-order valence-electron chi connectivity index (χ1n) is 6.85. The monoisotopic (exact) mass is 264 g/mol. The zero-order chi connectivity index (χ0) is 14.3. The molecule has 2 atom stereocenters. The van der Waals surface area contributed by atoms with Crippen LogP contribution >= 0.6 is 0 Å². The van der Waals surface area contributed by atoms with Crippen molar-refractivity contribution in [2.45, 2.75) is 64.4 Å². The van der Waals surface area contributed by atoms with Crippen molar-refractivity contribution >= 4 is 0 Å². The molecule has 2 rings (SSSR count). The molecular weight excluding hydrogens is 240 g/mol. The van der Waals surface area contributed by atoms with Gasteiger partial charge in [0.25, 0.3) is 0 Å². The van der Waals surface area contributed by atoms with Gasteiger partial charge >= 0.3 is 0 Å². The fraction of sp³-hybridized carbons (Fsp3) is 0.625. The number of para-hydroxylation sites is 1. The summed E-state index contributed by atoms with van der Waals surface area (Å²) in [5, 5.41) is 9.80. The van der Waals surface area contributed by atoms with Gasteiger partial charge in [0.1, 0.15) is 17.5 Å². The molecule has 0 spiro atoms.